The molecule has 0 radical (unpaired) electrons. The average molecular weight is 263 g/mol. The van der Waals surface area contributed by atoms with Crippen molar-refractivity contribution in [1.82, 2.24) is 20.1 Å². The fourth-order valence-electron chi connectivity index (χ4n) is 1.62. The van der Waals surface area contributed by atoms with Crippen LogP contribution in [0.2, 0.25) is 0 Å². The van der Waals surface area contributed by atoms with Crippen molar-refractivity contribution < 1.29 is 9.18 Å². The van der Waals surface area contributed by atoms with Gasteiger partial charge in [-0.3, -0.25) is 9.48 Å². The maximum atomic E-state index is 13.0. The largest absolute Gasteiger partial charge is 0.383 e. The Morgan fingerprint density at radius 3 is 2.89 bits per heavy atom. The average Bonchev–Trinajstić information content (AvgIpc) is 2.70. The predicted octanol–water partition coefficient (Wildman–Crippen LogP) is 0.775. The topological polar surface area (TPSA) is 85.8 Å². The van der Waals surface area contributed by atoms with Gasteiger partial charge in [-0.05, 0) is 13.0 Å². The number of anilines is 1. The van der Waals surface area contributed by atoms with E-state index in [9.17, 15) is 9.18 Å². The zero-order valence-corrected chi connectivity index (χ0v) is 10.6. The van der Waals surface area contributed by atoms with Crippen molar-refractivity contribution in [2.45, 2.75) is 13.5 Å². The van der Waals surface area contributed by atoms with Crippen LogP contribution in [0.4, 0.5) is 10.2 Å². The molecule has 2 rings (SSSR count). The van der Waals surface area contributed by atoms with Crippen molar-refractivity contribution in [3.05, 3.63) is 41.1 Å². The quantitative estimate of drug-likeness (QED) is 0.856. The molecule has 2 aromatic heterocycles. The van der Waals surface area contributed by atoms with Gasteiger partial charge in [0, 0.05) is 24.8 Å². The molecule has 2 heterocycles. The van der Waals surface area contributed by atoms with Crippen LogP contribution in [-0.2, 0) is 13.6 Å². The lowest BCUT2D eigenvalue weighted by Gasteiger charge is -2.06. The van der Waals surface area contributed by atoms with Crippen LogP contribution in [0.25, 0.3) is 0 Å². The van der Waals surface area contributed by atoms with E-state index in [-0.39, 0.29) is 11.4 Å². The molecule has 0 saturated heterocycles. The lowest BCUT2D eigenvalue weighted by molar-refractivity contribution is 0.0951. The second-order valence-corrected chi connectivity index (χ2v) is 4.15. The van der Waals surface area contributed by atoms with Crippen LogP contribution in [0.15, 0.2) is 18.5 Å². The van der Waals surface area contributed by atoms with Gasteiger partial charge in [0.2, 0.25) is 0 Å². The molecular weight excluding hydrogens is 249 g/mol. The first-order chi connectivity index (χ1) is 8.99. The summed E-state index contributed by atoms with van der Waals surface area (Å²) in [5, 5.41) is 6.73. The van der Waals surface area contributed by atoms with Crippen molar-refractivity contribution >= 4 is 11.7 Å². The van der Waals surface area contributed by atoms with Crippen molar-refractivity contribution in [2.24, 2.45) is 7.05 Å². The molecule has 0 aliphatic heterocycles. The number of nitrogens with zero attached hydrogens (tertiary/aromatic N) is 3. The highest BCUT2D eigenvalue weighted by atomic mass is 19.1. The molecule has 1 amide bonds. The Labute approximate surface area is 109 Å². The minimum Gasteiger partial charge on any atom is -0.383 e. The summed E-state index contributed by atoms with van der Waals surface area (Å²) in [6.07, 6.45) is 2.64. The highest BCUT2D eigenvalue weighted by Crippen LogP contribution is 2.11. The van der Waals surface area contributed by atoms with E-state index in [1.165, 1.54) is 0 Å². The number of nitrogens with two attached hydrogens (primary N) is 1. The van der Waals surface area contributed by atoms with E-state index in [1.807, 2.05) is 14.0 Å². The Morgan fingerprint density at radius 1 is 1.53 bits per heavy atom. The number of nitrogens with one attached hydrogen (secondary N) is 1. The second-order valence-electron chi connectivity index (χ2n) is 4.15. The molecule has 100 valence electrons. The Bertz CT molecular complexity index is 623. The van der Waals surface area contributed by atoms with Crippen molar-refractivity contribution in [2.75, 3.05) is 5.73 Å². The number of amides is 1. The third-order valence-electron chi connectivity index (χ3n) is 2.91. The van der Waals surface area contributed by atoms with Crippen LogP contribution in [0, 0.1) is 12.7 Å². The van der Waals surface area contributed by atoms with Gasteiger partial charge < -0.3 is 11.1 Å². The molecule has 0 unspecified atom stereocenters. The molecule has 7 heteroatoms. The number of pyridine rings is 1. The molecule has 0 saturated carbocycles. The summed E-state index contributed by atoms with van der Waals surface area (Å²) < 4.78 is 14.7. The Morgan fingerprint density at radius 2 is 2.26 bits per heavy atom. The Kier molecular flexibility index (Phi) is 3.46. The predicted molar refractivity (Wildman–Crippen MR) is 67.7 cm³/mol. The van der Waals surface area contributed by atoms with Crippen LogP contribution >= 0.6 is 0 Å². The van der Waals surface area contributed by atoms with Crippen LogP contribution in [0.1, 0.15) is 21.6 Å². The lowest BCUT2D eigenvalue weighted by Crippen LogP contribution is -2.24. The molecule has 0 atom stereocenters. The molecule has 0 bridgehead atoms. The number of carbonyl (C=O) groups excluding carboxylic acids is 1. The summed E-state index contributed by atoms with van der Waals surface area (Å²) >= 11 is 0. The molecule has 0 aromatic carbocycles. The summed E-state index contributed by atoms with van der Waals surface area (Å²) in [7, 11) is 1.81. The summed E-state index contributed by atoms with van der Waals surface area (Å²) in [5.41, 5.74) is 7.40. The van der Waals surface area contributed by atoms with E-state index in [2.05, 4.69) is 15.4 Å². The molecule has 3 N–H and O–H groups in total. The van der Waals surface area contributed by atoms with E-state index in [0.717, 1.165) is 23.5 Å². The van der Waals surface area contributed by atoms with Gasteiger partial charge in [-0.1, -0.05) is 0 Å². The Balaban J connectivity index is 2.09. The summed E-state index contributed by atoms with van der Waals surface area (Å²) in [6.45, 7) is 2.20. The van der Waals surface area contributed by atoms with Crippen molar-refractivity contribution in [3.8, 4) is 0 Å². The molecule has 0 aliphatic rings. The van der Waals surface area contributed by atoms with Gasteiger partial charge in [-0.2, -0.15) is 5.10 Å². The molecule has 0 fully saturated rings. The zero-order valence-electron chi connectivity index (χ0n) is 10.6. The SMILES string of the molecule is Cc1c(CNC(=O)c2cc(F)cnc2N)cnn1C. The van der Waals surface area contributed by atoms with E-state index in [4.69, 9.17) is 5.73 Å². The normalized spacial score (nSPS) is 10.5. The first kappa shape index (κ1) is 13.0. The first-order valence-electron chi connectivity index (χ1n) is 5.65. The van der Waals surface area contributed by atoms with Gasteiger partial charge in [0.15, 0.2) is 0 Å². The second kappa shape index (κ2) is 5.05. The van der Waals surface area contributed by atoms with Crippen molar-refractivity contribution in [3.63, 3.8) is 0 Å². The van der Waals surface area contributed by atoms with Crippen LogP contribution in [0.3, 0.4) is 0 Å². The molecule has 2 aromatic rings. The van der Waals surface area contributed by atoms with Crippen molar-refractivity contribution in [1.29, 1.82) is 0 Å². The monoisotopic (exact) mass is 263 g/mol. The molecule has 0 aliphatic carbocycles. The highest BCUT2D eigenvalue weighted by molar-refractivity contribution is 5.98. The molecular formula is C12H14FN5O. The maximum Gasteiger partial charge on any atom is 0.255 e. The third-order valence-corrected chi connectivity index (χ3v) is 2.91. The maximum absolute atomic E-state index is 13.0. The summed E-state index contributed by atoms with van der Waals surface area (Å²) in [5.74, 6) is -1.06. The highest BCUT2D eigenvalue weighted by Gasteiger charge is 2.13. The van der Waals surface area contributed by atoms with E-state index in [0.29, 0.717) is 6.54 Å². The van der Waals surface area contributed by atoms with Gasteiger partial charge in [0.1, 0.15) is 11.6 Å². The first-order valence-corrected chi connectivity index (χ1v) is 5.65. The fourth-order valence-corrected chi connectivity index (χ4v) is 1.62. The van der Waals surface area contributed by atoms with Gasteiger partial charge in [0.25, 0.3) is 5.91 Å². The number of aromatic nitrogens is 3. The van der Waals surface area contributed by atoms with E-state index in [1.54, 1.807) is 10.9 Å². The van der Waals surface area contributed by atoms with Gasteiger partial charge in [-0.25, -0.2) is 9.37 Å². The van der Waals surface area contributed by atoms with Crippen LogP contribution in [-0.4, -0.2) is 20.7 Å². The van der Waals surface area contributed by atoms with E-state index < -0.39 is 11.7 Å². The lowest BCUT2D eigenvalue weighted by atomic mass is 10.2. The van der Waals surface area contributed by atoms with Crippen LogP contribution < -0.4 is 11.1 Å². The van der Waals surface area contributed by atoms with Crippen LogP contribution in [0.5, 0.6) is 0 Å². The van der Waals surface area contributed by atoms with E-state index >= 15 is 0 Å². The Hall–Kier alpha value is -2.44. The zero-order chi connectivity index (χ0) is 14.0. The number of halogens is 1. The number of rotatable bonds is 3. The number of aryl methyl sites for hydroxylation is 1. The number of carbonyl (C=O) groups is 1. The van der Waals surface area contributed by atoms with Gasteiger partial charge >= 0.3 is 0 Å². The summed E-state index contributed by atoms with van der Waals surface area (Å²) in [4.78, 5) is 15.5. The number of hydrogen-bond acceptors (Lipinski definition) is 4. The third kappa shape index (κ3) is 2.70. The molecule has 0 spiro atoms. The van der Waals surface area contributed by atoms with Gasteiger partial charge in [-0.15, -0.1) is 0 Å². The minimum absolute atomic E-state index is 0.00167. The molecule has 19 heavy (non-hydrogen) atoms. The van der Waals surface area contributed by atoms with Gasteiger partial charge in [0.05, 0.1) is 18.0 Å². The smallest absolute Gasteiger partial charge is 0.255 e. The summed E-state index contributed by atoms with van der Waals surface area (Å²) in [6, 6.07) is 1.06. The number of hydrogen-bond donors (Lipinski definition) is 2. The number of nitrogen functional groups attached to an aromatic ring is 1. The molecule has 6 nitrogen and oxygen atoms in total. The fraction of sp³-hybridized carbons (Fsp3) is 0.250. The standard InChI is InChI=1S/C12H14FN5O/c1-7-8(5-17-18(7)2)4-16-12(19)10-3-9(13)6-15-11(10)14/h3,5-6H,4H2,1-2H3,(H2,14,15)(H,16,19). The minimum atomic E-state index is -0.600.